The molecule has 96 valence electrons. The number of imidazole rings is 1. The lowest BCUT2D eigenvalue weighted by molar-refractivity contribution is 0.579. The summed E-state index contributed by atoms with van der Waals surface area (Å²) in [6.07, 6.45) is 6.04. The molecule has 2 aromatic rings. The van der Waals surface area contributed by atoms with Crippen molar-refractivity contribution in [1.29, 1.82) is 0 Å². The summed E-state index contributed by atoms with van der Waals surface area (Å²) < 4.78 is 29.0. The van der Waals surface area contributed by atoms with E-state index in [0.717, 1.165) is 13.0 Å². The monoisotopic (exact) mass is 251 g/mol. The number of anilines is 1. The molecule has 5 heteroatoms. The van der Waals surface area contributed by atoms with Gasteiger partial charge in [0.2, 0.25) is 0 Å². The van der Waals surface area contributed by atoms with E-state index in [9.17, 15) is 8.78 Å². The lowest BCUT2D eigenvalue weighted by atomic mass is 10.2. The smallest absolute Gasteiger partial charge is 0.152 e. The molecule has 18 heavy (non-hydrogen) atoms. The van der Waals surface area contributed by atoms with Crippen molar-refractivity contribution in [2.75, 3.05) is 11.9 Å². The summed E-state index contributed by atoms with van der Waals surface area (Å²) in [6.45, 7) is 2.89. The first-order valence-electron chi connectivity index (χ1n) is 5.82. The molecular weight excluding hydrogens is 236 g/mol. The standard InChI is InChI=1S/C13H15F2N3/c1-10-3-4-11(14)13(12(10)15)17-5-2-7-18-8-6-16-9-18/h3-4,6,8-9,17H,2,5,7H2,1H3. The maximum absolute atomic E-state index is 13.6. The Morgan fingerprint density at radius 1 is 1.33 bits per heavy atom. The first kappa shape index (κ1) is 12.5. The number of aryl methyl sites for hydroxylation is 2. The minimum atomic E-state index is -0.555. The predicted octanol–water partition coefficient (Wildman–Crippen LogP) is 2.97. The van der Waals surface area contributed by atoms with E-state index in [2.05, 4.69) is 10.3 Å². The van der Waals surface area contributed by atoms with Crippen molar-refractivity contribution in [3.63, 3.8) is 0 Å². The highest BCUT2D eigenvalue weighted by molar-refractivity contribution is 5.48. The number of hydrogen-bond donors (Lipinski definition) is 1. The molecule has 0 aliphatic heterocycles. The highest BCUT2D eigenvalue weighted by atomic mass is 19.1. The van der Waals surface area contributed by atoms with Crippen LogP contribution in [0.25, 0.3) is 0 Å². The number of rotatable bonds is 5. The third-order valence-corrected chi connectivity index (χ3v) is 2.74. The van der Waals surface area contributed by atoms with Crippen LogP contribution < -0.4 is 5.32 Å². The number of nitrogens with one attached hydrogen (secondary N) is 1. The molecule has 0 bridgehead atoms. The van der Waals surface area contributed by atoms with E-state index in [1.807, 2.05) is 10.8 Å². The average Bonchev–Trinajstić information content (AvgIpc) is 2.86. The number of hydrogen-bond acceptors (Lipinski definition) is 2. The minimum Gasteiger partial charge on any atom is -0.380 e. The summed E-state index contributed by atoms with van der Waals surface area (Å²) in [4.78, 5) is 3.92. The van der Waals surface area contributed by atoms with Crippen LogP contribution in [0.4, 0.5) is 14.5 Å². The third-order valence-electron chi connectivity index (χ3n) is 2.74. The Bertz CT molecular complexity index is 509. The SMILES string of the molecule is Cc1ccc(F)c(NCCCn2ccnc2)c1F. The molecule has 1 aromatic heterocycles. The Balaban J connectivity index is 1.88. The molecule has 0 aliphatic carbocycles. The fourth-order valence-corrected chi connectivity index (χ4v) is 1.71. The van der Waals surface area contributed by atoms with E-state index >= 15 is 0 Å². The summed E-state index contributed by atoms with van der Waals surface area (Å²) in [6, 6.07) is 2.71. The average molecular weight is 251 g/mol. The first-order chi connectivity index (χ1) is 8.68. The molecule has 0 unspecified atom stereocenters. The van der Waals surface area contributed by atoms with Gasteiger partial charge < -0.3 is 9.88 Å². The van der Waals surface area contributed by atoms with Crippen molar-refractivity contribution in [1.82, 2.24) is 9.55 Å². The molecule has 0 saturated heterocycles. The van der Waals surface area contributed by atoms with Crippen LogP contribution in [0.15, 0.2) is 30.9 Å². The molecule has 2 rings (SSSR count). The second kappa shape index (κ2) is 5.62. The summed E-state index contributed by atoms with van der Waals surface area (Å²) in [7, 11) is 0. The Labute approximate surface area is 104 Å². The molecular formula is C13H15F2N3. The van der Waals surface area contributed by atoms with Gasteiger partial charge >= 0.3 is 0 Å². The fourth-order valence-electron chi connectivity index (χ4n) is 1.71. The van der Waals surface area contributed by atoms with E-state index in [4.69, 9.17) is 0 Å². The zero-order chi connectivity index (χ0) is 13.0. The number of benzene rings is 1. The second-order valence-corrected chi connectivity index (χ2v) is 4.13. The van der Waals surface area contributed by atoms with E-state index in [0.29, 0.717) is 12.1 Å². The van der Waals surface area contributed by atoms with Crippen LogP contribution in [0.3, 0.4) is 0 Å². The van der Waals surface area contributed by atoms with Crippen molar-refractivity contribution < 1.29 is 8.78 Å². The van der Waals surface area contributed by atoms with Crippen molar-refractivity contribution >= 4 is 5.69 Å². The molecule has 0 atom stereocenters. The normalized spacial score (nSPS) is 10.6. The van der Waals surface area contributed by atoms with Gasteiger partial charge in [0.25, 0.3) is 0 Å². The summed E-state index contributed by atoms with van der Waals surface area (Å²) in [5, 5.41) is 2.80. The van der Waals surface area contributed by atoms with Crippen LogP contribution in [0.5, 0.6) is 0 Å². The Morgan fingerprint density at radius 3 is 2.89 bits per heavy atom. The number of halogens is 2. The van der Waals surface area contributed by atoms with E-state index in [1.165, 1.54) is 12.1 Å². The highest BCUT2D eigenvalue weighted by Gasteiger charge is 2.10. The van der Waals surface area contributed by atoms with Gasteiger partial charge in [-0.3, -0.25) is 0 Å². The van der Waals surface area contributed by atoms with Gasteiger partial charge in [0.1, 0.15) is 11.5 Å². The summed E-state index contributed by atoms with van der Waals surface area (Å²) in [5.41, 5.74) is 0.397. The van der Waals surface area contributed by atoms with Crippen molar-refractivity contribution in [3.8, 4) is 0 Å². The van der Waals surface area contributed by atoms with Crippen LogP contribution in [0, 0.1) is 18.6 Å². The highest BCUT2D eigenvalue weighted by Crippen LogP contribution is 2.21. The van der Waals surface area contributed by atoms with Crippen LogP contribution in [-0.4, -0.2) is 16.1 Å². The number of nitrogens with zero attached hydrogens (tertiary/aromatic N) is 2. The van der Waals surface area contributed by atoms with Gasteiger partial charge in [-0.15, -0.1) is 0 Å². The molecule has 0 spiro atoms. The zero-order valence-electron chi connectivity index (χ0n) is 10.2. The van der Waals surface area contributed by atoms with Gasteiger partial charge in [0.15, 0.2) is 5.82 Å². The molecule has 3 nitrogen and oxygen atoms in total. The molecule has 1 N–H and O–H groups in total. The summed E-state index contributed by atoms with van der Waals surface area (Å²) in [5.74, 6) is -1.07. The van der Waals surface area contributed by atoms with E-state index in [-0.39, 0.29) is 5.69 Å². The second-order valence-electron chi connectivity index (χ2n) is 4.13. The Kier molecular flexibility index (Phi) is 3.92. The van der Waals surface area contributed by atoms with Crippen molar-refractivity contribution in [2.24, 2.45) is 0 Å². The maximum Gasteiger partial charge on any atom is 0.152 e. The van der Waals surface area contributed by atoms with Crippen molar-refractivity contribution in [3.05, 3.63) is 48.1 Å². The van der Waals surface area contributed by atoms with Gasteiger partial charge in [0, 0.05) is 25.5 Å². The maximum atomic E-state index is 13.6. The van der Waals surface area contributed by atoms with Gasteiger partial charge in [-0.2, -0.15) is 0 Å². The summed E-state index contributed by atoms with van der Waals surface area (Å²) >= 11 is 0. The third kappa shape index (κ3) is 2.85. The largest absolute Gasteiger partial charge is 0.380 e. The molecule has 0 fully saturated rings. The van der Waals surface area contributed by atoms with Gasteiger partial charge in [-0.05, 0) is 25.0 Å². The molecule has 1 aromatic carbocycles. The molecule has 0 amide bonds. The molecule has 0 aliphatic rings. The molecule has 0 saturated carbocycles. The predicted molar refractivity (Wildman–Crippen MR) is 66.4 cm³/mol. The fraction of sp³-hybridized carbons (Fsp3) is 0.308. The lowest BCUT2D eigenvalue weighted by Crippen LogP contribution is -2.09. The van der Waals surface area contributed by atoms with Gasteiger partial charge in [0.05, 0.1) is 6.33 Å². The van der Waals surface area contributed by atoms with Crippen LogP contribution in [0.2, 0.25) is 0 Å². The number of aromatic nitrogens is 2. The first-order valence-corrected chi connectivity index (χ1v) is 5.82. The molecule has 1 heterocycles. The van der Waals surface area contributed by atoms with Crippen LogP contribution in [-0.2, 0) is 6.54 Å². The Hall–Kier alpha value is -1.91. The Morgan fingerprint density at radius 2 is 2.17 bits per heavy atom. The molecule has 0 radical (unpaired) electrons. The van der Waals surface area contributed by atoms with Crippen LogP contribution in [0.1, 0.15) is 12.0 Å². The minimum absolute atomic E-state index is 0.0411. The van der Waals surface area contributed by atoms with E-state index < -0.39 is 11.6 Å². The van der Waals surface area contributed by atoms with E-state index in [1.54, 1.807) is 19.4 Å². The lowest BCUT2D eigenvalue weighted by Gasteiger charge is -2.10. The zero-order valence-corrected chi connectivity index (χ0v) is 10.2. The quantitative estimate of drug-likeness (QED) is 0.828. The topological polar surface area (TPSA) is 29.9 Å². The van der Waals surface area contributed by atoms with Gasteiger partial charge in [-0.25, -0.2) is 13.8 Å². The van der Waals surface area contributed by atoms with Crippen LogP contribution >= 0.6 is 0 Å². The van der Waals surface area contributed by atoms with Gasteiger partial charge in [-0.1, -0.05) is 6.07 Å². The van der Waals surface area contributed by atoms with Crippen molar-refractivity contribution in [2.45, 2.75) is 19.9 Å².